The van der Waals surface area contributed by atoms with E-state index in [4.69, 9.17) is 10.1 Å². The minimum atomic E-state index is -0.0808. The zero-order valence-corrected chi connectivity index (χ0v) is 20.0. The van der Waals surface area contributed by atoms with Crippen molar-refractivity contribution in [2.75, 3.05) is 24.5 Å². The van der Waals surface area contributed by atoms with Crippen molar-refractivity contribution in [3.05, 3.63) is 53.2 Å². The van der Waals surface area contributed by atoms with Crippen molar-refractivity contribution in [1.29, 1.82) is 0 Å². The number of aromatic nitrogens is 6. The Labute approximate surface area is 198 Å². The molecule has 6 heterocycles. The van der Waals surface area contributed by atoms with Gasteiger partial charge in [-0.15, -0.1) is 10.2 Å². The Hall–Kier alpha value is -3.49. The largest absolute Gasteiger partial charge is 0.356 e. The number of fused-ring (bicyclic) bond motifs is 2. The van der Waals surface area contributed by atoms with Crippen LogP contribution in [-0.2, 0) is 0 Å². The molecule has 0 radical (unpaired) electrons. The maximum Gasteiger partial charge on any atom is 0.258 e. The lowest BCUT2D eigenvalue weighted by Gasteiger charge is -2.34. The van der Waals surface area contributed by atoms with Crippen LogP contribution in [-0.4, -0.2) is 59.6 Å². The summed E-state index contributed by atoms with van der Waals surface area (Å²) in [6, 6.07) is 5.70. The van der Waals surface area contributed by atoms with E-state index in [0.29, 0.717) is 23.7 Å². The number of piperidine rings is 1. The number of nitrogens with zero attached hydrogens (tertiary/aromatic N) is 8. The summed E-state index contributed by atoms with van der Waals surface area (Å²) in [5, 5.41) is 13.3. The van der Waals surface area contributed by atoms with E-state index in [-0.39, 0.29) is 11.9 Å². The van der Waals surface area contributed by atoms with Crippen molar-refractivity contribution in [1.82, 2.24) is 34.1 Å². The lowest BCUT2D eigenvalue weighted by Crippen LogP contribution is -2.39. The molecule has 9 nitrogen and oxygen atoms in total. The molecule has 0 bridgehead atoms. The zero-order chi connectivity index (χ0) is 23.4. The molecular weight excluding hydrogens is 428 g/mol. The smallest absolute Gasteiger partial charge is 0.258 e. The summed E-state index contributed by atoms with van der Waals surface area (Å²) in [6.07, 6.45) is 8.11. The lowest BCUT2D eigenvalue weighted by atomic mass is 9.98. The molecule has 2 aliphatic heterocycles. The van der Waals surface area contributed by atoms with E-state index in [2.05, 4.69) is 41.2 Å². The van der Waals surface area contributed by atoms with E-state index >= 15 is 0 Å². The number of carbonyl (C=O) groups excluding carboxylic acids is 1. The molecule has 2 atom stereocenters. The summed E-state index contributed by atoms with van der Waals surface area (Å²) in [5.41, 5.74) is 4.05. The number of rotatable bonds is 3. The van der Waals surface area contributed by atoms with Gasteiger partial charge in [0.15, 0.2) is 11.3 Å². The summed E-state index contributed by atoms with van der Waals surface area (Å²) in [6.45, 7) is 9.08. The first-order chi connectivity index (χ1) is 16.5. The van der Waals surface area contributed by atoms with Gasteiger partial charge in [-0.1, -0.05) is 6.92 Å². The molecule has 4 aromatic heterocycles. The summed E-state index contributed by atoms with van der Waals surface area (Å²) in [4.78, 5) is 23.0. The van der Waals surface area contributed by atoms with Crippen LogP contribution in [0.5, 0.6) is 0 Å². The summed E-state index contributed by atoms with van der Waals surface area (Å²) in [7, 11) is 0. The highest BCUT2D eigenvalue weighted by molar-refractivity contribution is 6.00. The normalized spacial score (nSPS) is 21.1. The van der Waals surface area contributed by atoms with Crippen LogP contribution < -0.4 is 4.90 Å². The lowest BCUT2D eigenvalue weighted by molar-refractivity contribution is 0.0607. The molecule has 2 fully saturated rings. The van der Waals surface area contributed by atoms with Crippen LogP contribution in [0.4, 0.5) is 5.82 Å². The van der Waals surface area contributed by atoms with Crippen molar-refractivity contribution in [2.24, 2.45) is 5.92 Å². The van der Waals surface area contributed by atoms with Crippen LogP contribution in [0.15, 0.2) is 30.6 Å². The Bertz CT molecular complexity index is 1390. The van der Waals surface area contributed by atoms with Gasteiger partial charge in [-0.05, 0) is 57.6 Å². The highest BCUT2D eigenvalue weighted by Crippen LogP contribution is 2.33. The third-order valence-electron chi connectivity index (χ3n) is 7.29. The molecule has 176 valence electrons. The second-order valence-corrected chi connectivity index (χ2v) is 9.83. The molecule has 0 spiro atoms. The van der Waals surface area contributed by atoms with Gasteiger partial charge in [-0.25, -0.2) is 9.50 Å². The van der Waals surface area contributed by atoms with Crippen LogP contribution in [0.25, 0.3) is 11.3 Å². The van der Waals surface area contributed by atoms with Crippen molar-refractivity contribution < 1.29 is 4.79 Å². The molecule has 2 saturated heterocycles. The van der Waals surface area contributed by atoms with Crippen LogP contribution in [0.1, 0.15) is 66.1 Å². The summed E-state index contributed by atoms with van der Waals surface area (Å²) >= 11 is 0. The first-order valence-corrected chi connectivity index (χ1v) is 12.2. The van der Waals surface area contributed by atoms with Gasteiger partial charge >= 0.3 is 0 Å². The molecule has 9 heteroatoms. The third kappa shape index (κ3) is 3.41. The third-order valence-corrected chi connectivity index (χ3v) is 7.29. The maximum absolute atomic E-state index is 13.7. The number of hydrogen-bond donors (Lipinski definition) is 0. The SMILES string of the molecule is Cc1cn2nc([C@@H]3CCCCN3C(=O)c3cccn4c(C)nnc34)cc2nc1N1CC[C@H](C)C1. The number of anilines is 1. The molecule has 1 amide bonds. The van der Waals surface area contributed by atoms with Gasteiger partial charge in [0.1, 0.15) is 11.6 Å². The Morgan fingerprint density at radius 2 is 2.00 bits per heavy atom. The van der Waals surface area contributed by atoms with Crippen molar-refractivity contribution >= 4 is 23.0 Å². The van der Waals surface area contributed by atoms with Gasteiger partial charge in [0.05, 0.1) is 17.3 Å². The first kappa shape index (κ1) is 21.1. The van der Waals surface area contributed by atoms with E-state index < -0.39 is 0 Å². The van der Waals surface area contributed by atoms with Crippen LogP contribution in [0.2, 0.25) is 0 Å². The van der Waals surface area contributed by atoms with E-state index in [1.54, 1.807) is 0 Å². The fourth-order valence-electron chi connectivity index (χ4n) is 5.46. The van der Waals surface area contributed by atoms with Gasteiger partial charge in [0, 0.05) is 43.7 Å². The van der Waals surface area contributed by atoms with Gasteiger partial charge in [0.25, 0.3) is 5.91 Å². The topological polar surface area (TPSA) is 83.9 Å². The number of aryl methyl sites for hydroxylation is 2. The van der Waals surface area contributed by atoms with Crippen molar-refractivity contribution in [3.8, 4) is 0 Å². The van der Waals surface area contributed by atoms with E-state index in [0.717, 1.165) is 60.9 Å². The van der Waals surface area contributed by atoms with Crippen molar-refractivity contribution in [2.45, 2.75) is 52.5 Å². The Morgan fingerprint density at radius 3 is 2.82 bits per heavy atom. The summed E-state index contributed by atoms with van der Waals surface area (Å²) in [5.74, 6) is 2.49. The Kier molecular flexibility index (Phi) is 5.00. The van der Waals surface area contributed by atoms with E-state index in [1.165, 1.54) is 6.42 Å². The molecule has 0 saturated carbocycles. The first-order valence-electron chi connectivity index (χ1n) is 12.2. The quantitative estimate of drug-likeness (QED) is 0.466. The predicted octanol–water partition coefficient (Wildman–Crippen LogP) is 3.60. The molecule has 4 aromatic rings. The molecule has 2 aliphatic rings. The number of pyridine rings is 1. The Morgan fingerprint density at radius 1 is 1.12 bits per heavy atom. The molecule has 6 rings (SSSR count). The molecule has 34 heavy (non-hydrogen) atoms. The van der Waals surface area contributed by atoms with Crippen LogP contribution >= 0.6 is 0 Å². The van der Waals surface area contributed by atoms with Gasteiger partial charge in [-0.3, -0.25) is 9.20 Å². The van der Waals surface area contributed by atoms with Gasteiger partial charge < -0.3 is 9.80 Å². The number of amides is 1. The minimum Gasteiger partial charge on any atom is -0.356 e. The second kappa shape index (κ2) is 8.07. The number of likely N-dealkylation sites (tertiary alicyclic amines) is 1. The predicted molar refractivity (Wildman–Crippen MR) is 129 cm³/mol. The molecule has 0 aromatic carbocycles. The van der Waals surface area contributed by atoms with Gasteiger partial charge in [-0.2, -0.15) is 5.10 Å². The monoisotopic (exact) mass is 458 g/mol. The van der Waals surface area contributed by atoms with E-state index in [9.17, 15) is 4.79 Å². The Balaban J connectivity index is 1.35. The highest BCUT2D eigenvalue weighted by Gasteiger charge is 2.32. The highest BCUT2D eigenvalue weighted by atomic mass is 16.2. The van der Waals surface area contributed by atoms with Crippen LogP contribution in [0.3, 0.4) is 0 Å². The molecule has 0 N–H and O–H groups in total. The molecule has 0 aliphatic carbocycles. The average molecular weight is 459 g/mol. The number of hydrogen-bond acceptors (Lipinski definition) is 6. The summed E-state index contributed by atoms with van der Waals surface area (Å²) < 4.78 is 3.73. The fourth-order valence-corrected chi connectivity index (χ4v) is 5.46. The van der Waals surface area contributed by atoms with Crippen LogP contribution in [0, 0.1) is 19.8 Å². The fraction of sp³-hybridized carbons (Fsp3) is 0.480. The zero-order valence-electron chi connectivity index (χ0n) is 20.0. The van der Waals surface area contributed by atoms with Gasteiger partial charge in [0.2, 0.25) is 0 Å². The molecular formula is C25H30N8O. The molecule has 0 unspecified atom stereocenters. The minimum absolute atomic E-state index is 0.0179. The second-order valence-electron chi connectivity index (χ2n) is 9.83. The average Bonchev–Trinajstić information content (AvgIpc) is 3.56. The number of carbonyl (C=O) groups is 1. The standard InChI is InChI=1S/C25H30N8O/c1-16-9-12-30(14-16)23-17(2)15-33-22(26-23)13-20(29-33)21-8-4-5-10-32(21)25(34)19-7-6-11-31-18(3)27-28-24(19)31/h6-7,11,13,15-16,21H,4-5,8-10,12,14H2,1-3H3/t16-,21-/m0/s1. The van der Waals surface area contributed by atoms with Crippen molar-refractivity contribution in [3.63, 3.8) is 0 Å². The maximum atomic E-state index is 13.7. The van der Waals surface area contributed by atoms with E-state index in [1.807, 2.05) is 39.1 Å².